The van der Waals surface area contributed by atoms with Crippen molar-refractivity contribution in [1.82, 2.24) is 10.2 Å². The fourth-order valence-corrected chi connectivity index (χ4v) is 2.27. The number of nitrogens with one attached hydrogen (secondary N) is 1. The molecule has 1 aromatic rings. The third-order valence-corrected chi connectivity index (χ3v) is 3.13. The minimum Gasteiger partial charge on any atom is -0.497 e. The zero-order chi connectivity index (χ0) is 14.1. The van der Waals surface area contributed by atoms with Crippen LogP contribution in [0.2, 0.25) is 0 Å². The van der Waals surface area contributed by atoms with E-state index >= 15 is 0 Å². The molecule has 0 saturated carbocycles. The molecule has 0 bridgehead atoms. The molecule has 0 aliphatic rings. The number of ether oxygens (including phenoxy) is 1. The second-order valence-corrected chi connectivity index (χ2v) is 5.36. The van der Waals surface area contributed by atoms with Gasteiger partial charge in [-0.3, -0.25) is 0 Å². The van der Waals surface area contributed by atoms with Crippen molar-refractivity contribution in [3.05, 3.63) is 29.8 Å². The first-order chi connectivity index (χ1) is 9.15. The first-order valence-corrected chi connectivity index (χ1v) is 7.18. The van der Waals surface area contributed by atoms with Gasteiger partial charge >= 0.3 is 0 Å². The van der Waals surface area contributed by atoms with E-state index in [0.717, 1.165) is 31.9 Å². The third kappa shape index (κ3) is 6.60. The highest BCUT2D eigenvalue weighted by molar-refractivity contribution is 5.28. The standard InChI is InChI=1S/C16H28N2O/c1-5-9-17-11-14(2)12-18(3)13-15-7-6-8-16(10-15)19-4/h6-8,10,14,17H,5,9,11-13H2,1-4H3. The van der Waals surface area contributed by atoms with Gasteiger partial charge in [0.25, 0.3) is 0 Å². The summed E-state index contributed by atoms with van der Waals surface area (Å²) in [6.45, 7) is 8.78. The van der Waals surface area contributed by atoms with Crippen LogP contribution < -0.4 is 10.1 Å². The van der Waals surface area contributed by atoms with E-state index in [1.54, 1.807) is 7.11 Å². The Kier molecular flexibility index (Phi) is 7.53. The summed E-state index contributed by atoms with van der Waals surface area (Å²) >= 11 is 0. The largest absolute Gasteiger partial charge is 0.497 e. The number of benzene rings is 1. The molecule has 1 unspecified atom stereocenters. The Morgan fingerprint density at radius 3 is 2.84 bits per heavy atom. The van der Waals surface area contributed by atoms with E-state index in [9.17, 15) is 0 Å². The van der Waals surface area contributed by atoms with Crippen LogP contribution in [0.5, 0.6) is 5.75 Å². The molecule has 0 radical (unpaired) electrons. The molecule has 3 nitrogen and oxygen atoms in total. The zero-order valence-electron chi connectivity index (χ0n) is 12.8. The fourth-order valence-electron chi connectivity index (χ4n) is 2.27. The molecule has 0 saturated heterocycles. The van der Waals surface area contributed by atoms with Crippen molar-refractivity contribution < 1.29 is 4.74 Å². The molecule has 0 aliphatic carbocycles. The molecule has 0 fully saturated rings. The zero-order valence-corrected chi connectivity index (χ0v) is 12.8. The van der Waals surface area contributed by atoms with Crippen LogP contribution in [-0.2, 0) is 6.54 Å². The van der Waals surface area contributed by atoms with Gasteiger partial charge in [-0.2, -0.15) is 0 Å². The highest BCUT2D eigenvalue weighted by atomic mass is 16.5. The predicted octanol–water partition coefficient (Wildman–Crippen LogP) is 2.76. The second kappa shape index (κ2) is 8.94. The highest BCUT2D eigenvalue weighted by Gasteiger charge is 2.07. The lowest BCUT2D eigenvalue weighted by molar-refractivity contribution is 0.274. The number of rotatable bonds is 9. The van der Waals surface area contributed by atoms with Gasteiger partial charge in [0.2, 0.25) is 0 Å². The quantitative estimate of drug-likeness (QED) is 0.694. The smallest absolute Gasteiger partial charge is 0.119 e. The van der Waals surface area contributed by atoms with Crippen LogP contribution in [0.15, 0.2) is 24.3 Å². The van der Waals surface area contributed by atoms with Crippen LogP contribution in [0.1, 0.15) is 25.8 Å². The Bertz CT molecular complexity index is 354. The van der Waals surface area contributed by atoms with Crippen LogP contribution in [-0.4, -0.2) is 38.7 Å². The van der Waals surface area contributed by atoms with Gasteiger partial charge in [-0.15, -0.1) is 0 Å². The van der Waals surface area contributed by atoms with Gasteiger partial charge in [0.05, 0.1) is 7.11 Å². The lowest BCUT2D eigenvalue weighted by Gasteiger charge is -2.22. The molecule has 0 aromatic heterocycles. The first kappa shape index (κ1) is 16.0. The molecule has 19 heavy (non-hydrogen) atoms. The topological polar surface area (TPSA) is 24.5 Å². The van der Waals surface area contributed by atoms with Gasteiger partial charge in [0, 0.05) is 13.1 Å². The second-order valence-electron chi connectivity index (χ2n) is 5.36. The van der Waals surface area contributed by atoms with Crippen LogP contribution in [0.25, 0.3) is 0 Å². The van der Waals surface area contributed by atoms with Gasteiger partial charge in [0.1, 0.15) is 5.75 Å². The van der Waals surface area contributed by atoms with Gasteiger partial charge in [-0.05, 0) is 50.2 Å². The van der Waals surface area contributed by atoms with Gasteiger partial charge in [0.15, 0.2) is 0 Å². The van der Waals surface area contributed by atoms with E-state index in [1.807, 2.05) is 12.1 Å². The summed E-state index contributed by atoms with van der Waals surface area (Å²) in [5.74, 6) is 1.60. The Morgan fingerprint density at radius 2 is 2.16 bits per heavy atom. The molecule has 1 atom stereocenters. The Labute approximate surface area is 118 Å². The predicted molar refractivity (Wildman–Crippen MR) is 81.7 cm³/mol. The summed E-state index contributed by atoms with van der Waals surface area (Å²) in [6, 6.07) is 8.30. The Morgan fingerprint density at radius 1 is 1.37 bits per heavy atom. The van der Waals surface area contributed by atoms with Crippen LogP contribution in [0.4, 0.5) is 0 Å². The van der Waals surface area contributed by atoms with Crippen molar-refractivity contribution >= 4 is 0 Å². The van der Waals surface area contributed by atoms with E-state index < -0.39 is 0 Å². The molecule has 1 aromatic carbocycles. The summed E-state index contributed by atoms with van der Waals surface area (Å²) in [5.41, 5.74) is 1.30. The average Bonchev–Trinajstić information content (AvgIpc) is 2.39. The maximum Gasteiger partial charge on any atom is 0.119 e. The molecule has 0 spiro atoms. The van der Waals surface area contributed by atoms with Gasteiger partial charge in [-0.1, -0.05) is 26.0 Å². The summed E-state index contributed by atoms with van der Waals surface area (Å²) < 4.78 is 5.25. The van der Waals surface area contributed by atoms with E-state index in [4.69, 9.17) is 4.74 Å². The van der Waals surface area contributed by atoms with Gasteiger partial charge in [-0.25, -0.2) is 0 Å². The summed E-state index contributed by atoms with van der Waals surface area (Å²) in [5, 5.41) is 3.48. The van der Waals surface area contributed by atoms with Gasteiger partial charge < -0.3 is 15.0 Å². The molecule has 0 aliphatic heterocycles. The minimum absolute atomic E-state index is 0.669. The summed E-state index contributed by atoms with van der Waals surface area (Å²) in [7, 11) is 3.89. The SMILES string of the molecule is CCCNCC(C)CN(C)Cc1cccc(OC)c1. The average molecular weight is 264 g/mol. The number of nitrogens with zero attached hydrogens (tertiary/aromatic N) is 1. The lowest BCUT2D eigenvalue weighted by Crippen LogP contribution is -2.31. The van der Waals surface area contributed by atoms with Crippen LogP contribution in [0, 0.1) is 5.92 Å². The molecule has 3 heteroatoms. The van der Waals surface area contributed by atoms with E-state index in [1.165, 1.54) is 12.0 Å². The van der Waals surface area contributed by atoms with E-state index in [2.05, 4.69) is 43.2 Å². The van der Waals surface area contributed by atoms with Crippen molar-refractivity contribution in [2.45, 2.75) is 26.8 Å². The van der Waals surface area contributed by atoms with Crippen molar-refractivity contribution in [3.63, 3.8) is 0 Å². The first-order valence-electron chi connectivity index (χ1n) is 7.18. The molecular weight excluding hydrogens is 236 g/mol. The molecule has 0 amide bonds. The monoisotopic (exact) mass is 264 g/mol. The number of hydrogen-bond acceptors (Lipinski definition) is 3. The number of hydrogen-bond donors (Lipinski definition) is 1. The van der Waals surface area contributed by atoms with Crippen LogP contribution >= 0.6 is 0 Å². The third-order valence-electron chi connectivity index (χ3n) is 3.13. The normalized spacial score (nSPS) is 12.7. The maximum atomic E-state index is 5.25. The van der Waals surface area contributed by atoms with E-state index in [-0.39, 0.29) is 0 Å². The van der Waals surface area contributed by atoms with Crippen molar-refractivity contribution in [2.24, 2.45) is 5.92 Å². The molecular formula is C16H28N2O. The Hall–Kier alpha value is -1.06. The van der Waals surface area contributed by atoms with E-state index in [0.29, 0.717) is 5.92 Å². The highest BCUT2D eigenvalue weighted by Crippen LogP contribution is 2.14. The number of methoxy groups -OCH3 is 1. The lowest BCUT2D eigenvalue weighted by atomic mass is 10.1. The molecule has 1 rings (SSSR count). The molecule has 1 N–H and O–H groups in total. The summed E-state index contributed by atoms with van der Waals surface area (Å²) in [4.78, 5) is 2.37. The minimum atomic E-state index is 0.669. The maximum absolute atomic E-state index is 5.25. The molecule has 0 heterocycles. The van der Waals surface area contributed by atoms with Crippen molar-refractivity contribution in [2.75, 3.05) is 33.8 Å². The fraction of sp³-hybridized carbons (Fsp3) is 0.625. The Balaban J connectivity index is 2.35. The van der Waals surface area contributed by atoms with Crippen molar-refractivity contribution in [1.29, 1.82) is 0 Å². The summed E-state index contributed by atoms with van der Waals surface area (Å²) in [6.07, 6.45) is 1.20. The van der Waals surface area contributed by atoms with Crippen molar-refractivity contribution in [3.8, 4) is 5.75 Å². The van der Waals surface area contributed by atoms with Crippen LogP contribution in [0.3, 0.4) is 0 Å². The molecule has 108 valence electrons.